The van der Waals surface area contributed by atoms with E-state index in [1.54, 1.807) is 0 Å². The first-order valence-electron chi connectivity index (χ1n) is 11.9. The largest absolute Gasteiger partial charge is 0.513 e. The van der Waals surface area contributed by atoms with Crippen LogP contribution < -0.4 is 19.7 Å². The summed E-state index contributed by atoms with van der Waals surface area (Å²) >= 11 is 0. The molecule has 2 heterocycles. The van der Waals surface area contributed by atoms with Gasteiger partial charge in [-0.25, -0.2) is 4.98 Å². The molecule has 1 aromatic heterocycles. The average Bonchev–Trinajstić information content (AvgIpc) is 3.21. The van der Waals surface area contributed by atoms with E-state index in [2.05, 4.69) is 10.3 Å². The maximum atomic E-state index is 13.8. The number of hydrogen-bond acceptors (Lipinski definition) is 6. The summed E-state index contributed by atoms with van der Waals surface area (Å²) in [6, 6.07) is 13.6. The molecule has 0 spiro atoms. The molecule has 174 valence electrons. The number of ketones is 1. The molecule has 1 aliphatic heterocycles. The highest BCUT2D eigenvalue weighted by atomic mass is 16.5. The molecule has 3 aromatic rings. The number of hydrogen-bond donors (Lipinski definition) is 2. The van der Waals surface area contributed by atoms with Crippen molar-refractivity contribution in [3.8, 4) is 11.5 Å². The molecule has 0 radical (unpaired) electrons. The van der Waals surface area contributed by atoms with Crippen LogP contribution >= 0.6 is 0 Å². The van der Waals surface area contributed by atoms with E-state index in [1.165, 1.54) is 0 Å². The molecule has 7 nitrogen and oxygen atoms in total. The van der Waals surface area contributed by atoms with Crippen LogP contribution in [-0.4, -0.2) is 86.0 Å². The van der Waals surface area contributed by atoms with Crippen LogP contribution in [0.2, 0.25) is 0 Å². The Labute approximate surface area is 212 Å². The molecule has 0 unspecified atom stereocenters. The summed E-state index contributed by atoms with van der Waals surface area (Å²) in [5, 5.41) is 2.48. The molecule has 0 bridgehead atoms. The van der Waals surface area contributed by atoms with Gasteiger partial charge >= 0.3 is 0 Å². The number of aromatic nitrogens is 2. The lowest BCUT2D eigenvalue weighted by molar-refractivity contribution is -0.116. The second-order valence-corrected chi connectivity index (χ2v) is 11.4. The van der Waals surface area contributed by atoms with Crippen LogP contribution in [0.5, 0.6) is 11.5 Å². The number of para-hydroxylation sites is 2. The molecule has 0 amide bonds. The maximum Gasteiger partial charge on any atom is 0.195 e. The van der Waals surface area contributed by atoms with Crippen LogP contribution in [-0.2, 0) is 4.79 Å². The molecule has 13 heteroatoms. The van der Waals surface area contributed by atoms with E-state index >= 15 is 0 Å². The summed E-state index contributed by atoms with van der Waals surface area (Å²) in [7, 11) is 13.9. The fraction of sp³-hybridized carbons (Fsp3) is 0.273. The first kappa shape index (κ1) is 25.0. The highest BCUT2D eigenvalue weighted by Crippen LogP contribution is 2.43. The highest BCUT2D eigenvalue weighted by molar-refractivity contribution is 6.58. The molecule has 35 heavy (non-hydrogen) atoms. The van der Waals surface area contributed by atoms with Crippen molar-refractivity contribution >= 4 is 75.2 Å². The second-order valence-electron chi connectivity index (χ2n) is 11.4. The normalized spacial score (nSPS) is 16.1. The Bertz CT molecular complexity index is 1260. The van der Waals surface area contributed by atoms with Gasteiger partial charge in [0.25, 0.3) is 0 Å². The first-order chi connectivity index (χ1) is 16.2. The van der Waals surface area contributed by atoms with Gasteiger partial charge < -0.3 is 24.7 Å². The number of H-pyrrole nitrogens is 1. The number of anilines is 1. The number of nitrogens with zero attached hydrogens (tertiary/aromatic N) is 2. The summed E-state index contributed by atoms with van der Waals surface area (Å²) in [6.07, 6.45) is 0. The van der Waals surface area contributed by atoms with Gasteiger partial charge in [-0.2, -0.15) is 0 Å². The predicted molar refractivity (Wildman–Crippen MR) is 158 cm³/mol. The molecule has 1 aliphatic rings. The third-order valence-electron chi connectivity index (χ3n) is 5.64. The molecule has 0 fully saturated rings. The van der Waals surface area contributed by atoms with Gasteiger partial charge in [0.15, 0.2) is 5.78 Å². The lowest BCUT2D eigenvalue weighted by atomic mass is 9.52. The molecular weight excluding hydrogens is 433 g/mol. The minimum Gasteiger partial charge on any atom is -0.513 e. The number of carbonyl (C=O) groups excluding carboxylic acids is 1. The molecule has 4 rings (SSSR count). The van der Waals surface area contributed by atoms with Gasteiger partial charge in [-0.05, 0) is 26.0 Å². The highest BCUT2D eigenvalue weighted by Gasteiger charge is 2.48. The zero-order chi connectivity index (χ0) is 25.8. The Balaban J connectivity index is 1.90. The van der Waals surface area contributed by atoms with Crippen molar-refractivity contribution in [3.63, 3.8) is 0 Å². The van der Waals surface area contributed by atoms with E-state index in [1.807, 2.05) is 115 Å². The van der Waals surface area contributed by atoms with E-state index < -0.39 is 16.1 Å². The van der Waals surface area contributed by atoms with Gasteiger partial charge in [0.2, 0.25) is 0 Å². The zero-order valence-electron chi connectivity index (χ0n) is 22.2. The number of fused-ring (bicyclic) bond motifs is 1. The van der Waals surface area contributed by atoms with Gasteiger partial charge in [-0.15, -0.1) is 0 Å². The van der Waals surface area contributed by atoms with E-state index in [0.717, 1.165) is 16.7 Å². The SMILES string of the molecule is BC(B)(B)Oc1cc(OC(B)(B)B)cc(N2C(NC)=C(c3nc4ccccc4[nH]3)C(=O)C2(C)C)c1. The van der Waals surface area contributed by atoms with Gasteiger partial charge in [0, 0.05) is 35.8 Å². The quantitative estimate of drug-likeness (QED) is 0.366. The zero-order valence-corrected chi connectivity index (χ0v) is 22.2. The minimum absolute atomic E-state index is 0.0265. The monoisotopic (exact) mass is 464 g/mol. The first-order valence-corrected chi connectivity index (χ1v) is 11.9. The molecule has 2 N–H and O–H groups in total. The van der Waals surface area contributed by atoms with Crippen molar-refractivity contribution in [3.05, 3.63) is 54.1 Å². The fourth-order valence-corrected chi connectivity index (χ4v) is 4.40. The van der Waals surface area contributed by atoms with Crippen molar-refractivity contribution in [2.24, 2.45) is 0 Å². The standard InChI is InChI=1S/C22H30B6N4O3/c1-20(2)17(33)16(18-30-14-6-4-5-7-15(14)31-18)19(29-3)32(20)11-8-12(34-21(23,24)25)10-13(9-11)35-22(26,27)28/h4-10,29H,23-28H2,1-3H3,(H,30,31). The van der Waals surface area contributed by atoms with E-state index in [0.29, 0.717) is 28.7 Å². The Morgan fingerprint density at radius 1 is 0.971 bits per heavy atom. The fourth-order valence-electron chi connectivity index (χ4n) is 4.40. The molecule has 0 saturated carbocycles. The summed E-state index contributed by atoms with van der Waals surface area (Å²) in [4.78, 5) is 23.9. The van der Waals surface area contributed by atoms with Crippen LogP contribution in [0.1, 0.15) is 19.7 Å². The number of benzene rings is 2. The number of Topliss-reactive ketones (excluding diaryl/α,β-unsaturated/α-hetero) is 1. The van der Waals surface area contributed by atoms with Crippen LogP contribution in [0.25, 0.3) is 16.6 Å². The van der Waals surface area contributed by atoms with Gasteiger partial charge in [0.05, 0.1) is 16.7 Å². The maximum absolute atomic E-state index is 13.8. The van der Waals surface area contributed by atoms with Crippen molar-refractivity contribution in [2.75, 3.05) is 11.9 Å². The van der Waals surface area contributed by atoms with E-state index in [9.17, 15) is 4.79 Å². The predicted octanol–water partition coefficient (Wildman–Crippen LogP) is -2.90. The number of ether oxygens (including phenoxy) is 2. The third-order valence-corrected chi connectivity index (χ3v) is 5.64. The Hall–Kier alpha value is -3.09. The van der Waals surface area contributed by atoms with Crippen molar-refractivity contribution in [2.45, 2.75) is 30.0 Å². The van der Waals surface area contributed by atoms with Gasteiger partial charge in [0.1, 0.15) is 81.3 Å². The third kappa shape index (κ3) is 5.00. The summed E-state index contributed by atoms with van der Waals surface area (Å²) in [5.41, 5.74) is 2.15. The molecule has 0 atom stereocenters. The number of aromatic amines is 1. The second kappa shape index (κ2) is 8.54. The summed E-state index contributed by atoms with van der Waals surface area (Å²) in [6.45, 7) is 3.84. The van der Waals surface area contributed by atoms with Gasteiger partial charge in [-0.1, -0.05) is 12.1 Å². The van der Waals surface area contributed by atoms with Gasteiger partial charge in [-0.3, -0.25) is 4.79 Å². The molecular formula is C22H30B6N4O3. The number of carbonyl (C=O) groups is 1. The Morgan fingerprint density at radius 2 is 1.54 bits per heavy atom. The van der Waals surface area contributed by atoms with Crippen LogP contribution in [0, 0.1) is 0 Å². The Morgan fingerprint density at radius 3 is 2.06 bits per heavy atom. The van der Waals surface area contributed by atoms with Crippen molar-refractivity contribution in [1.82, 2.24) is 15.3 Å². The lowest BCUT2D eigenvalue weighted by Gasteiger charge is -2.35. The lowest BCUT2D eigenvalue weighted by Crippen LogP contribution is -2.46. The molecule has 0 saturated heterocycles. The topological polar surface area (TPSA) is 79.5 Å². The number of rotatable bonds is 7. The van der Waals surface area contributed by atoms with Crippen molar-refractivity contribution < 1.29 is 14.3 Å². The molecule has 2 aromatic carbocycles. The van der Waals surface area contributed by atoms with E-state index in [4.69, 9.17) is 14.5 Å². The summed E-state index contributed by atoms with van der Waals surface area (Å²) in [5.74, 6) is 2.54. The molecule has 0 aliphatic carbocycles. The number of imidazole rings is 1. The van der Waals surface area contributed by atoms with Crippen LogP contribution in [0.15, 0.2) is 48.3 Å². The van der Waals surface area contributed by atoms with Crippen LogP contribution in [0.4, 0.5) is 5.69 Å². The van der Waals surface area contributed by atoms with Crippen molar-refractivity contribution in [1.29, 1.82) is 0 Å². The van der Waals surface area contributed by atoms with E-state index in [-0.39, 0.29) is 5.78 Å². The number of nitrogens with one attached hydrogen (secondary N) is 2. The minimum atomic E-state index is -0.869. The van der Waals surface area contributed by atoms with Crippen LogP contribution in [0.3, 0.4) is 0 Å². The average molecular weight is 463 g/mol. The smallest absolute Gasteiger partial charge is 0.195 e. The summed E-state index contributed by atoms with van der Waals surface area (Å²) < 4.78 is 12.5. The Kier molecular flexibility index (Phi) is 6.10.